The van der Waals surface area contributed by atoms with Gasteiger partial charge in [0.25, 0.3) is 0 Å². The second-order valence-corrected chi connectivity index (χ2v) is 9.16. The van der Waals surface area contributed by atoms with E-state index in [4.69, 9.17) is 4.74 Å². The third-order valence-corrected chi connectivity index (χ3v) is 6.78. The summed E-state index contributed by atoms with van der Waals surface area (Å²) in [6, 6.07) is 0. The molecule has 0 spiro atoms. The van der Waals surface area contributed by atoms with Crippen LogP contribution < -0.4 is 0 Å². The van der Waals surface area contributed by atoms with E-state index < -0.39 is 0 Å². The zero-order valence-electron chi connectivity index (χ0n) is 18.0. The van der Waals surface area contributed by atoms with Gasteiger partial charge in [-0.15, -0.1) is 0 Å². The lowest BCUT2D eigenvalue weighted by molar-refractivity contribution is -0.139. The molecule has 0 bridgehead atoms. The highest BCUT2D eigenvalue weighted by atomic mass is 16.5. The SMILES string of the molecule is CC(=CCCCCCC1CCCCC1)C(=O)OCCCCC1CCCCC1. The number of allylic oxidation sites excluding steroid dienone is 1. The molecule has 0 aromatic rings. The van der Waals surface area contributed by atoms with E-state index >= 15 is 0 Å². The summed E-state index contributed by atoms with van der Waals surface area (Å²) in [6.07, 6.45) is 26.4. The molecule has 2 aliphatic carbocycles. The van der Waals surface area contributed by atoms with Crippen molar-refractivity contribution in [1.82, 2.24) is 0 Å². The third-order valence-electron chi connectivity index (χ3n) is 6.78. The van der Waals surface area contributed by atoms with Gasteiger partial charge in [0, 0.05) is 5.57 Å². The number of ether oxygens (including phenoxy) is 1. The monoisotopic (exact) mass is 376 g/mol. The Morgan fingerprint density at radius 2 is 1.33 bits per heavy atom. The van der Waals surface area contributed by atoms with Gasteiger partial charge in [-0.05, 0) is 44.4 Å². The van der Waals surface area contributed by atoms with Gasteiger partial charge < -0.3 is 4.74 Å². The highest BCUT2D eigenvalue weighted by Crippen LogP contribution is 2.28. The summed E-state index contributed by atoms with van der Waals surface area (Å²) in [7, 11) is 0. The molecular weight excluding hydrogens is 332 g/mol. The lowest BCUT2D eigenvalue weighted by atomic mass is 9.85. The molecule has 0 radical (unpaired) electrons. The maximum Gasteiger partial charge on any atom is 0.333 e. The molecule has 0 unspecified atom stereocenters. The Hall–Kier alpha value is -0.790. The van der Waals surface area contributed by atoms with Crippen LogP contribution in [0.3, 0.4) is 0 Å². The van der Waals surface area contributed by atoms with E-state index in [-0.39, 0.29) is 5.97 Å². The number of rotatable bonds is 12. The van der Waals surface area contributed by atoms with E-state index in [2.05, 4.69) is 6.08 Å². The average Bonchev–Trinajstić information content (AvgIpc) is 2.71. The summed E-state index contributed by atoms with van der Waals surface area (Å²) in [5.74, 6) is 1.84. The lowest BCUT2D eigenvalue weighted by Gasteiger charge is -2.21. The van der Waals surface area contributed by atoms with Crippen molar-refractivity contribution in [3.8, 4) is 0 Å². The number of unbranched alkanes of at least 4 members (excludes halogenated alkanes) is 4. The Bertz CT molecular complexity index is 414. The molecule has 27 heavy (non-hydrogen) atoms. The molecule has 0 heterocycles. The Morgan fingerprint density at radius 1 is 0.778 bits per heavy atom. The Kier molecular flexibility index (Phi) is 11.9. The van der Waals surface area contributed by atoms with Gasteiger partial charge in [0.1, 0.15) is 0 Å². The first-order chi connectivity index (χ1) is 13.3. The van der Waals surface area contributed by atoms with E-state index in [9.17, 15) is 4.79 Å². The Labute approximate surface area is 168 Å². The Morgan fingerprint density at radius 3 is 1.93 bits per heavy atom. The standard InChI is InChI=1S/C25H44O2/c1-22(14-6-2-3-7-15-23-16-8-4-9-17-23)25(26)27-21-13-12-20-24-18-10-5-11-19-24/h14,23-24H,2-13,15-21H2,1H3. The van der Waals surface area contributed by atoms with Crippen molar-refractivity contribution < 1.29 is 9.53 Å². The van der Waals surface area contributed by atoms with E-state index in [0.717, 1.165) is 30.3 Å². The molecule has 2 heteroatoms. The number of carbonyl (C=O) groups excluding carboxylic acids is 1. The molecule has 0 atom stereocenters. The van der Waals surface area contributed by atoms with Gasteiger partial charge in [0.2, 0.25) is 0 Å². The van der Waals surface area contributed by atoms with Gasteiger partial charge in [0.05, 0.1) is 6.61 Å². The van der Waals surface area contributed by atoms with Crippen LogP contribution in [-0.2, 0) is 9.53 Å². The molecule has 0 amide bonds. The van der Waals surface area contributed by atoms with E-state index in [1.54, 1.807) is 0 Å². The molecule has 156 valence electrons. The first kappa shape index (κ1) is 22.5. The van der Waals surface area contributed by atoms with E-state index in [0.29, 0.717) is 6.61 Å². The molecule has 2 rings (SSSR count). The van der Waals surface area contributed by atoms with Crippen molar-refractivity contribution in [2.75, 3.05) is 6.61 Å². The molecular formula is C25H44O2. The second kappa shape index (κ2) is 14.2. The summed E-state index contributed by atoms with van der Waals surface area (Å²) in [4.78, 5) is 12.0. The van der Waals surface area contributed by atoms with Crippen molar-refractivity contribution in [2.45, 2.75) is 122 Å². The van der Waals surface area contributed by atoms with Crippen LogP contribution in [0.2, 0.25) is 0 Å². The first-order valence-electron chi connectivity index (χ1n) is 12.1. The fourth-order valence-electron chi connectivity index (χ4n) is 4.92. The van der Waals surface area contributed by atoms with Crippen molar-refractivity contribution in [3.05, 3.63) is 11.6 Å². The van der Waals surface area contributed by atoms with Crippen LogP contribution in [0.1, 0.15) is 122 Å². The number of hydrogen-bond acceptors (Lipinski definition) is 2. The van der Waals surface area contributed by atoms with Crippen molar-refractivity contribution in [2.24, 2.45) is 11.8 Å². The second-order valence-electron chi connectivity index (χ2n) is 9.16. The Balaban J connectivity index is 1.42. The van der Waals surface area contributed by atoms with Gasteiger partial charge in [-0.25, -0.2) is 4.79 Å². The van der Waals surface area contributed by atoms with Crippen LogP contribution in [0.5, 0.6) is 0 Å². The fourth-order valence-corrected chi connectivity index (χ4v) is 4.92. The maximum atomic E-state index is 12.0. The number of carbonyl (C=O) groups is 1. The average molecular weight is 377 g/mol. The molecule has 2 nitrogen and oxygen atoms in total. The minimum Gasteiger partial charge on any atom is -0.462 e. The predicted octanol–water partition coefficient (Wildman–Crippen LogP) is 7.76. The molecule has 0 aliphatic heterocycles. The van der Waals surface area contributed by atoms with E-state index in [1.807, 2.05) is 6.92 Å². The predicted molar refractivity (Wildman–Crippen MR) is 115 cm³/mol. The molecule has 2 saturated carbocycles. The highest BCUT2D eigenvalue weighted by molar-refractivity contribution is 5.87. The van der Waals surface area contributed by atoms with Crippen molar-refractivity contribution in [3.63, 3.8) is 0 Å². The minimum atomic E-state index is -0.102. The third kappa shape index (κ3) is 10.4. The topological polar surface area (TPSA) is 26.3 Å². The van der Waals surface area contributed by atoms with Crippen LogP contribution in [0, 0.1) is 11.8 Å². The maximum absolute atomic E-state index is 12.0. The van der Waals surface area contributed by atoms with Gasteiger partial charge in [0.15, 0.2) is 0 Å². The molecule has 0 aromatic heterocycles. The first-order valence-corrected chi connectivity index (χ1v) is 12.1. The minimum absolute atomic E-state index is 0.102. The summed E-state index contributed by atoms with van der Waals surface area (Å²) in [5.41, 5.74) is 0.801. The lowest BCUT2D eigenvalue weighted by Crippen LogP contribution is -2.09. The van der Waals surface area contributed by atoms with Crippen LogP contribution in [-0.4, -0.2) is 12.6 Å². The molecule has 0 saturated heterocycles. The molecule has 0 aromatic carbocycles. The fraction of sp³-hybridized carbons (Fsp3) is 0.880. The summed E-state index contributed by atoms with van der Waals surface area (Å²) in [6.45, 7) is 2.50. The van der Waals surface area contributed by atoms with Crippen molar-refractivity contribution in [1.29, 1.82) is 0 Å². The molecule has 2 aliphatic rings. The zero-order valence-corrected chi connectivity index (χ0v) is 18.0. The normalized spacial score (nSPS) is 20.0. The summed E-state index contributed by atoms with van der Waals surface area (Å²) >= 11 is 0. The summed E-state index contributed by atoms with van der Waals surface area (Å²) < 4.78 is 5.44. The van der Waals surface area contributed by atoms with Crippen LogP contribution in [0.25, 0.3) is 0 Å². The van der Waals surface area contributed by atoms with Gasteiger partial charge in [-0.1, -0.05) is 96.0 Å². The largest absolute Gasteiger partial charge is 0.462 e. The van der Waals surface area contributed by atoms with Crippen LogP contribution in [0.15, 0.2) is 11.6 Å². The van der Waals surface area contributed by atoms with Crippen molar-refractivity contribution >= 4 is 5.97 Å². The number of hydrogen-bond donors (Lipinski definition) is 0. The van der Waals surface area contributed by atoms with Crippen LogP contribution in [0.4, 0.5) is 0 Å². The van der Waals surface area contributed by atoms with E-state index in [1.165, 1.54) is 103 Å². The van der Waals surface area contributed by atoms with Gasteiger partial charge in [-0.2, -0.15) is 0 Å². The highest BCUT2D eigenvalue weighted by Gasteiger charge is 2.13. The zero-order chi connectivity index (χ0) is 19.2. The molecule has 0 N–H and O–H groups in total. The summed E-state index contributed by atoms with van der Waals surface area (Å²) in [5, 5.41) is 0. The van der Waals surface area contributed by atoms with Gasteiger partial charge in [-0.3, -0.25) is 0 Å². The van der Waals surface area contributed by atoms with Crippen LogP contribution >= 0.6 is 0 Å². The molecule has 2 fully saturated rings. The quantitative estimate of drug-likeness (QED) is 0.198. The number of esters is 1. The van der Waals surface area contributed by atoms with Gasteiger partial charge >= 0.3 is 5.97 Å². The smallest absolute Gasteiger partial charge is 0.333 e.